The van der Waals surface area contributed by atoms with E-state index in [1.165, 1.54) is 24.3 Å². The number of hydrogen-bond acceptors (Lipinski definition) is 4. The standard InChI is InChI=1S/C15H12Cl3N3O3/c16-15(17,18)14(20-13(22)10-4-2-1-3-5-10)19-11-6-8-12(9-7-11)21(23)24/h1-9,14,19H,(H,20,22)/t14-/m0/s1. The highest BCUT2D eigenvalue weighted by atomic mass is 35.6. The Morgan fingerprint density at radius 2 is 1.62 bits per heavy atom. The molecule has 0 aliphatic carbocycles. The van der Waals surface area contributed by atoms with Gasteiger partial charge in [-0.2, -0.15) is 0 Å². The number of rotatable bonds is 5. The van der Waals surface area contributed by atoms with Crippen LogP contribution in [0.5, 0.6) is 0 Å². The molecule has 9 heteroatoms. The second kappa shape index (κ2) is 7.70. The van der Waals surface area contributed by atoms with Crippen molar-refractivity contribution in [2.24, 2.45) is 0 Å². The number of alkyl halides is 3. The zero-order chi connectivity index (χ0) is 17.7. The van der Waals surface area contributed by atoms with Crippen molar-refractivity contribution in [2.75, 3.05) is 5.32 Å². The number of amides is 1. The molecule has 0 saturated carbocycles. The second-order valence-electron chi connectivity index (χ2n) is 4.76. The smallest absolute Gasteiger partial charge is 0.269 e. The minimum Gasteiger partial charge on any atom is -0.362 e. The first kappa shape index (κ1) is 18.3. The largest absolute Gasteiger partial charge is 0.362 e. The van der Waals surface area contributed by atoms with Gasteiger partial charge in [0.25, 0.3) is 11.6 Å². The summed E-state index contributed by atoms with van der Waals surface area (Å²) in [7, 11) is 0. The number of carbonyl (C=O) groups excluding carboxylic acids is 1. The summed E-state index contributed by atoms with van der Waals surface area (Å²) in [4.78, 5) is 22.4. The highest BCUT2D eigenvalue weighted by Crippen LogP contribution is 2.31. The van der Waals surface area contributed by atoms with E-state index in [-0.39, 0.29) is 5.69 Å². The summed E-state index contributed by atoms with van der Waals surface area (Å²) in [5.74, 6) is -0.429. The number of anilines is 1. The Morgan fingerprint density at radius 1 is 1.04 bits per heavy atom. The van der Waals surface area contributed by atoms with E-state index in [4.69, 9.17) is 34.8 Å². The van der Waals surface area contributed by atoms with Crippen molar-refractivity contribution in [3.05, 3.63) is 70.3 Å². The van der Waals surface area contributed by atoms with E-state index in [1.54, 1.807) is 30.3 Å². The van der Waals surface area contributed by atoms with E-state index >= 15 is 0 Å². The third-order valence-electron chi connectivity index (χ3n) is 3.03. The van der Waals surface area contributed by atoms with Gasteiger partial charge in [0.05, 0.1) is 4.92 Å². The highest BCUT2D eigenvalue weighted by molar-refractivity contribution is 6.68. The third kappa shape index (κ3) is 4.99. The number of nitro benzene ring substituents is 1. The average molecular weight is 389 g/mol. The predicted molar refractivity (Wildman–Crippen MR) is 94.7 cm³/mol. The Labute approximate surface area is 152 Å². The molecule has 0 heterocycles. The lowest BCUT2D eigenvalue weighted by molar-refractivity contribution is -0.384. The van der Waals surface area contributed by atoms with Crippen molar-refractivity contribution in [1.29, 1.82) is 0 Å². The van der Waals surface area contributed by atoms with Crippen LogP contribution in [0, 0.1) is 10.1 Å². The molecule has 1 atom stereocenters. The van der Waals surface area contributed by atoms with E-state index in [9.17, 15) is 14.9 Å². The van der Waals surface area contributed by atoms with Crippen molar-refractivity contribution in [3.63, 3.8) is 0 Å². The Kier molecular flexibility index (Phi) is 5.88. The van der Waals surface area contributed by atoms with Crippen LogP contribution in [0.15, 0.2) is 54.6 Å². The maximum atomic E-state index is 12.2. The molecular weight excluding hydrogens is 377 g/mol. The van der Waals surface area contributed by atoms with Crippen LogP contribution in [0.1, 0.15) is 10.4 Å². The van der Waals surface area contributed by atoms with Crippen molar-refractivity contribution in [3.8, 4) is 0 Å². The highest BCUT2D eigenvalue weighted by Gasteiger charge is 2.34. The molecule has 0 aliphatic rings. The predicted octanol–water partition coefficient (Wildman–Crippen LogP) is 4.13. The molecular formula is C15H12Cl3N3O3. The molecule has 0 fully saturated rings. The second-order valence-corrected chi connectivity index (χ2v) is 7.13. The van der Waals surface area contributed by atoms with Crippen LogP contribution in [0.3, 0.4) is 0 Å². The van der Waals surface area contributed by atoms with Gasteiger partial charge < -0.3 is 10.6 Å². The maximum absolute atomic E-state index is 12.2. The number of benzene rings is 2. The van der Waals surface area contributed by atoms with Gasteiger partial charge in [0.2, 0.25) is 3.79 Å². The molecule has 0 radical (unpaired) electrons. The van der Waals surface area contributed by atoms with Gasteiger partial charge in [-0.05, 0) is 24.3 Å². The molecule has 2 rings (SSSR count). The van der Waals surface area contributed by atoms with Gasteiger partial charge in [0, 0.05) is 23.4 Å². The lowest BCUT2D eigenvalue weighted by atomic mass is 10.2. The van der Waals surface area contributed by atoms with Crippen LogP contribution < -0.4 is 10.6 Å². The van der Waals surface area contributed by atoms with Crippen molar-refractivity contribution in [1.82, 2.24) is 5.32 Å². The molecule has 2 aromatic rings. The number of nitrogens with zero attached hydrogens (tertiary/aromatic N) is 1. The Hall–Kier alpha value is -2.02. The van der Waals surface area contributed by atoms with E-state index < -0.39 is 20.8 Å². The summed E-state index contributed by atoms with van der Waals surface area (Å²) in [6.07, 6.45) is -1.04. The summed E-state index contributed by atoms with van der Waals surface area (Å²) in [6.45, 7) is 0. The quantitative estimate of drug-likeness (QED) is 0.349. The van der Waals surface area contributed by atoms with Gasteiger partial charge in [-0.25, -0.2) is 0 Å². The first-order valence-corrected chi connectivity index (χ1v) is 7.84. The third-order valence-corrected chi connectivity index (χ3v) is 3.68. The fourth-order valence-electron chi connectivity index (χ4n) is 1.85. The van der Waals surface area contributed by atoms with Crippen LogP contribution in [-0.2, 0) is 0 Å². The van der Waals surface area contributed by atoms with Gasteiger partial charge in [0.1, 0.15) is 6.17 Å². The average Bonchev–Trinajstić information content (AvgIpc) is 2.54. The van der Waals surface area contributed by atoms with Crippen LogP contribution in [0.2, 0.25) is 0 Å². The first-order valence-electron chi connectivity index (χ1n) is 6.71. The molecule has 0 spiro atoms. The Balaban J connectivity index is 2.14. The SMILES string of the molecule is O=C(N[C@H](Nc1ccc([N+](=O)[O-])cc1)C(Cl)(Cl)Cl)c1ccccc1. The molecule has 0 aliphatic heterocycles. The van der Waals surface area contributed by atoms with Crippen LogP contribution >= 0.6 is 34.8 Å². The van der Waals surface area contributed by atoms with Gasteiger partial charge in [0.15, 0.2) is 0 Å². The van der Waals surface area contributed by atoms with E-state index in [0.717, 1.165) is 0 Å². The molecule has 2 aromatic carbocycles. The number of nitrogens with one attached hydrogen (secondary N) is 2. The first-order chi connectivity index (χ1) is 11.3. The van der Waals surface area contributed by atoms with E-state index in [1.807, 2.05) is 0 Å². The fourth-order valence-corrected chi connectivity index (χ4v) is 2.18. The monoisotopic (exact) mass is 387 g/mol. The number of hydrogen-bond donors (Lipinski definition) is 2. The molecule has 24 heavy (non-hydrogen) atoms. The number of carbonyl (C=O) groups is 1. The van der Waals surface area contributed by atoms with Crippen molar-refractivity contribution >= 4 is 52.1 Å². The molecule has 0 saturated heterocycles. The Bertz CT molecular complexity index is 718. The summed E-state index contributed by atoms with van der Waals surface area (Å²) < 4.78 is -1.84. The van der Waals surface area contributed by atoms with Crippen molar-refractivity contribution in [2.45, 2.75) is 9.96 Å². The molecule has 126 valence electrons. The zero-order valence-corrected chi connectivity index (χ0v) is 14.3. The zero-order valence-electron chi connectivity index (χ0n) is 12.1. The number of halogens is 3. The van der Waals surface area contributed by atoms with Gasteiger partial charge >= 0.3 is 0 Å². The summed E-state index contributed by atoms with van der Waals surface area (Å²) >= 11 is 17.7. The van der Waals surface area contributed by atoms with Gasteiger partial charge in [-0.15, -0.1) is 0 Å². The van der Waals surface area contributed by atoms with Crippen LogP contribution in [-0.4, -0.2) is 20.8 Å². The maximum Gasteiger partial charge on any atom is 0.269 e. The number of nitro groups is 1. The van der Waals surface area contributed by atoms with Crippen LogP contribution in [0.4, 0.5) is 11.4 Å². The van der Waals surface area contributed by atoms with Crippen LogP contribution in [0.25, 0.3) is 0 Å². The molecule has 6 nitrogen and oxygen atoms in total. The lowest BCUT2D eigenvalue weighted by Crippen LogP contribution is -2.49. The summed E-state index contributed by atoms with van der Waals surface area (Å²) in [5.41, 5.74) is 0.784. The molecule has 0 aromatic heterocycles. The Morgan fingerprint density at radius 3 is 2.12 bits per heavy atom. The van der Waals surface area contributed by atoms with E-state index in [0.29, 0.717) is 11.3 Å². The molecule has 1 amide bonds. The summed E-state index contributed by atoms with van der Waals surface area (Å²) in [6, 6.07) is 14.0. The molecule has 0 unspecified atom stereocenters. The minimum absolute atomic E-state index is 0.0701. The number of non-ortho nitro benzene ring substituents is 1. The normalized spacial score (nSPS) is 12.3. The molecule has 0 bridgehead atoms. The summed E-state index contributed by atoms with van der Waals surface area (Å²) in [5, 5.41) is 16.1. The van der Waals surface area contributed by atoms with Crippen molar-refractivity contribution < 1.29 is 9.72 Å². The van der Waals surface area contributed by atoms with E-state index in [2.05, 4.69) is 10.6 Å². The fraction of sp³-hybridized carbons (Fsp3) is 0.133. The lowest BCUT2D eigenvalue weighted by Gasteiger charge is -2.27. The topological polar surface area (TPSA) is 84.3 Å². The van der Waals surface area contributed by atoms with Gasteiger partial charge in [-0.1, -0.05) is 53.0 Å². The molecule has 2 N–H and O–H groups in total. The minimum atomic E-state index is -1.84. The van der Waals surface area contributed by atoms with Gasteiger partial charge in [-0.3, -0.25) is 14.9 Å².